The van der Waals surface area contributed by atoms with Crippen molar-refractivity contribution in [2.45, 2.75) is 38.8 Å². The quantitative estimate of drug-likeness (QED) is 0.484. The smallest absolute Gasteiger partial charge is 0.170 e. The van der Waals surface area contributed by atoms with Crippen molar-refractivity contribution in [1.82, 2.24) is 15.2 Å². The Hall–Kier alpha value is -2.86. The number of hydrogen-bond donors (Lipinski definition) is 1. The van der Waals surface area contributed by atoms with Crippen molar-refractivity contribution in [1.29, 1.82) is 0 Å². The summed E-state index contributed by atoms with van der Waals surface area (Å²) < 4.78 is 11.9. The van der Waals surface area contributed by atoms with E-state index in [1.807, 2.05) is 61.7 Å². The number of ether oxygens (including phenoxy) is 1. The molecule has 3 heterocycles. The van der Waals surface area contributed by atoms with Crippen molar-refractivity contribution >= 4 is 17.3 Å². The van der Waals surface area contributed by atoms with Crippen molar-refractivity contribution in [2.24, 2.45) is 0 Å². The molecule has 0 bridgehead atoms. The maximum absolute atomic E-state index is 6.35. The molecular formula is C24H27N3O2S. The average molecular weight is 422 g/mol. The van der Waals surface area contributed by atoms with Gasteiger partial charge in [-0.15, -0.1) is 0 Å². The Labute approximate surface area is 183 Å². The van der Waals surface area contributed by atoms with Gasteiger partial charge in [-0.05, 0) is 74.1 Å². The summed E-state index contributed by atoms with van der Waals surface area (Å²) in [5.74, 6) is 2.58. The molecular weight excluding hydrogens is 394 g/mol. The van der Waals surface area contributed by atoms with Crippen LogP contribution in [0, 0.1) is 0 Å². The van der Waals surface area contributed by atoms with Gasteiger partial charge in [0, 0.05) is 18.3 Å². The number of nitrogens with one attached hydrogen (secondary N) is 1. The first kappa shape index (κ1) is 20.4. The minimum absolute atomic E-state index is 0.0320. The number of unbranched alkanes of at least 4 members (excludes halogenated alkanes) is 1. The minimum Gasteiger partial charge on any atom is -0.494 e. The van der Waals surface area contributed by atoms with Crippen LogP contribution >= 0.6 is 12.2 Å². The SMILES string of the molecule is CCCCN1C(=S)N[C@@H](c2ccccn2)[C@@H]1c1ccc(-c2ccc(OCC)cc2)o1. The standard InChI is InChI=1S/C24H27N3O2S/c1-3-5-16-27-23(22(26-24(27)30)19-8-6-7-15-25-19)21-14-13-20(29-21)17-9-11-18(12-10-17)28-4-2/h6-15,22-23H,3-5,16H2,1-2H3,(H,26,30)/t22-,23-/m0/s1. The van der Waals surface area contributed by atoms with E-state index in [9.17, 15) is 0 Å². The van der Waals surface area contributed by atoms with Gasteiger partial charge in [0.05, 0.1) is 18.3 Å². The van der Waals surface area contributed by atoms with Gasteiger partial charge in [-0.3, -0.25) is 4.98 Å². The summed E-state index contributed by atoms with van der Waals surface area (Å²) in [6.45, 7) is 5.71. The van der Waals surface area contributed by atoms with E-state index in [2.05, 4.69) is 28.2 Å². The summed E-state index contributed by atoms with van der Waals surface area (Å²) in [6, 6.07) is 18.0. The van der Waals surface area contributed by atoms with Crippen LogP contribution in [0.3, 0.4) is 0 Å². The highest BCUT2D eigenvalue weighted by Gasteiger charge is 2.41. The fourth-order valence-corrected chi connectivity index (χ4v) is 4.16. The summed E-state index contributed by atoms with van der Waals surface area (Å²) in [6.07, 6.45) is 3.99. The Bertz CT molecular complexity index is 972. The van der Waals surface area contributed by atoms with E-state index in [0.717, 1.165) is 53.0 Å². The number of furan rings is 1. The molecule has 1 aliphatic heterocycles. The number of aromatic nitrogens is 1. The highest BCUT2D eigenvalue weighted by molar-refractivity contribution is 7.80. The summed E-state index contributed by atoms with van der Waals surface area (Å²) in [5.41, 5.74) is 1.98. The van der Waals surface area contributed by atoms with Crippen LogP contribution in [0.2, 0.25) is 0 Å². The third kappa shape index (κ3) is 4.19. The highest BCUT2D eigenvalue weighted by Crippen LogP contribution is 2.40. The zero-order valence-electron chi connectivity index (χ0n) is 17.4. The van der Waals surface area contributed by atoms with Crippen molar-refractivity contribution < 1.29 is 9.15 Å². The number of thiocarbonyl (C=S) groups is 1. The lowest BCUT2D eigenvalue weighted by Crippen LogP contribution is -2.30. The monoisotopic (exact) mass is 421 g/mol. The van der Waals surface area contributed by atoms with Crippen LogP contribution in [-0.2, 0) is 0 Å². The van der Waals surface area contributed by atoms with Gasteiger partial charge in [0.15, 0.2) is 5.11 Å². The molecule has 4 rings (SSSR count). The summed E-state index contributed by atoms with van der Waals surface area (Å²) in [5, 5.41) is 4.22. The average Bonchev–Trinajstić information content (AvgIpc) is 3.38. The largest absolute Gasteiger partial charge is 0.494 e. The summed E-state index contributed by atoms with van der Waals surface area (Å²) >= 11 is 5.68. The molecule has 30 heavy (non-hydrogen) atoms. The van der Waals surface area contributed by atoms with Crippen molar-refractivity contribution in [3.8, 4) is 17.1 Å². The van der Waals surface area contributed by atoms with Gasteiger partial charge in [0.1, 0.15) is 23.3 Å². The molecule has 1 N–H and O–H groups in total. The molecule has 0 amide bonds. The second-order valence-corrected chi connectivity index (χ2v) is 7.72. The van der Waals surface area contributed by atoms with E-state index in [0.29, 0.717) is 6.61 Å². The number of pyridine rings is 1. The molecule has 0 radical (unpaired) electrons. The minimum atomic E-state index is -0.0464. The normalized spacial score (nSPS) is 18.5. The van der Waals surface area contributed by atoms with E-state index in [4.69, 9.17) is 21.4 Å². The van der Waals surface area contributed by atoms with Gasteiger partial charge in [0.2, 0.25) is 0 Å². The molecule has 2 atom stereocenters. The van der Waals surface area contributed by atoms with Crippen molar-refractivity contribution in [3.63, 3.8) is 0 Å². The molecule has 0 spiro atoms. The molecule has 0 aliphatic carbocycles. The van der Waals surface area contributed by atoms with Crippen LogP contribution in [0.15, 0.2) is 65.2 Å². The molecule has 1 aromatic carbocycles. The van der Waals surface area contributed by atoms with Gasteiger partial charge >= 0.3 is 0 Å². The number of hydrogen-bond acceptors (Lipinski definition) is 4. The Morgan fingerprint density at radius 1 is 1.10 bits per heavy atom. The lowest BCUT2D eigenvalue weighted by Gasteiger charge is -2.25. The van der Waals surface area contributed by atoms with Gasteiger partial charge in [0.25, 0.3) is 0 Å². The molecule has 0 unspecified atom stereocenters. The first-order valence-electron chi connectivity index (χ1n) is 10.5. The third-order valence-corrected chi connectivity index (χ3v) is 5.67. The van der Waals surface area contributed by atoms with Crippen molar-refractivity contribution in [2.75, 3.05) is 13.2 Å². The van der Waals surface area contributed by atoms with Crippen LogP contribution in [0.4, 0.5) is 0 Å². The summed E-state index contributed by atoms with van der Waals surface area (Å²) in [7, 11) is 0. The molecule has 1 saturated heterocycles. The Balaban J connectivity index is 1.65. The zero-order valence-corrected chi connectivity index (χ0v) is 18.2. The van der Waals surface area contributed by atoms with Crippen LogP contribution in [0.1, 0.15) is 50.2 Å². The lowest BCUT2D eigenvalue weighted by molar-refractivity contribution is 0.271. The number of rotatable bonds is 8. The molecule has 156 valence electrons. The van der Waals surface area contributed by atoms with Gasteiger partial charge in [-0.25, -0.2) is 0 Å². The maximum Gasteiger partial charge on any atom is 0.170 e. The van der Waals surface area contributed by atoms with Gasteiger partial charge in [-0.2, -0.15) is 0 Å². The van der Waals surface area contributed by atoms with Crippen LogP contribution in [0.5, 0.6) is 5.75 Å². The maximum atomic E-state index is 6.35. The number of benzene rings is 1. The van der Waals surface area contributed by atoms with E-state index >= 15 is 0 Å². The van der Waals surface area contributed by atoms with Gasteiger partial charge in [-0.1, -0.05) is 19.4 Å². The first-order chi connectivity index (χ1) is 14.7. The molecule has 1 fully saturated rings. The predicted octanol–water partition coefficient (Wildman–Crippen LogP) is 5.51. The Kier molecular flexibility index (Phi) is 6.33. The van der Waals surface area contributed by atoms with Gasteiger partial charge < -0.3 is 19.4 Å². The Morgan fingerprint density at radius 3 is 2.63 bits per heavy atom. The molecule has 2 aromatic heterocycles. The highest BCUT2D eigenvalue weighted by atomic mass is 32.1. The fourth-order valence-electron chi connectivity index (χ4n) is 3.83. The molecule has 5 nitrogen and oxygen atoms in total. The molecule has 0 saturated carbocycles. The first-order valence-corrected chi connectivity index (χ1v) is 10.9. The summed E-state index contributed by atoms with van der Waals surface area (Å²) in [4.78, 5) is 6.81. The van der Waals surface area contributed by atoms with Crippen LogP contribution in [0.25, 0.3) is 11.3 Å². The topological polar surface area (TPSA) is 50.5 Å². The number of nitrogens with zero attached hydrogens (tertiary/aromatic N) is 2. The zero-order chi connectivity index (χ0) is 20.9. The van der Waals surface area contributed by atoms with E-state index < -0.39 is 0 Å². The van der Waals surface area contributed by atoms with Crippen molar-refractivity contribution in [3.05, 3.63) is 72.2 Å². The van der Waals surface area contributed by atoms with E-state index in [1.54, 1.807) is 0 Å². The second-order valence-electron chi connectivity index (χ2n) is 7.33. The predicted molar refractivity (Wildman–Crippen MR) is 122 cm³/mol. The van der Waals surface area contributed by atoms with Crippen LogP contribution in [-0.4, -0.2) is 28.1 Å². The molecule has 3 aromatic rings. The second kappa shape index (κ2) is 9.30. The van der Waals surface area contributed by atoms with E-state index in [1.165, 1.54) is 0 Å². The fraction of sp³-hybridized carbons (Fsp3) is 0.333. The van der Waals surface area contributed by atoms with E-state index in [-0.39, 0.29) is 12.1 Å². The molecule has 6 heteroatoms. The Morgan fingerprint density at radius 2 is 1.93 bits per heavy atom. The third-order valence-electron chi connectivity index (χ3n) is 5.32. The van der Waals surface area contributed by atoms with Crippen LogP contribution < -0.4 is 10.1 Å². The molecule has 1 aliphatic rings. The lowest BCUT2D eigenvalue weighted by atomic mass is 10.0.